The maximum Gasteiger partial charge on any atom is 0.249 e. The largest absolute Gasteiger partial charge is 0.392 e. The van der Waals surface area contributed by atoms with Crippen molar-refractivity contribution in [2.45, 2.75) is 43.9 Å². The molecule has 114 valence electrons. The first-order chi connectivity index (χ1) is 9.53. The van der Waals surface area contributed by atoms with Gasteiger partial charge in [-0.25, -0.2) is 13.5 Å². The zero-order chi connectivity index (χ0) is 14.6. The van der Waals surface area contributed by atoms with E-state index in [4.69, 9.17) is 9.47 Å². The Labute approximate surface area is 116 Å². The molecule has 1 aliphatic carbocycles. The molecule has 7 heteroatoms. The average molecular weight is 290 g/mol. The Balaban J connectivity index is 2.02. The van der Waals surface area contributed by atoms with Crippen LogP contribution in [0.3, 0.4) is 0 Å². The van der Waals surface area contributed by atoms with Gasteiger partial charge in [-0.05, 0) is 12.5 Å². The summed E-state index contributed by atoms with van der Waals surface area (Å²) in [4.78, 5) is 0. The third-order valence-corrected chi connectivity index (χ3v) is 3.56. The van der Waals surface area contributed by atoms with Crippen molar-refractivity contribution in [1.29, 1.82) is 0 Å². The molecular formula is C13H20F2N2O3. The van der Waals surface area contributed by atoms with Crippen LogP contribution in [0.1, 0.15) is 30.9 Å². The van der Waals surface area contributed by atoms with Crippen LogP contribution in [-0.2, 0) is 16.2 Å². The van der Waals surface area contributed by atoms with E-state index >= 15 is 0 Å². The molecule has 2 atom stereocenters. The molecule has 0 radical (unpaired) electrons. The number of hydrogen-bond donors (Lipinski definition) is 1. The molecule has 0 amide bonds. The maximum absolute atomic E-state index is 13.5. The molecule has 2 rings (SSSR count). The summed E-state index contributed by atoms with van der Waals surface area (Å²) in [5.41, 5.74) is 0.592. The zero-order valence-electron chi connectivity index (χ0n) is 11.5. The van der Waals surface area contributed by atoms with Crippen LogP contribution in [-0.4, -0.2) is 47.2 Å². The average Bonchev–Trinajstić information content (AvgIpc) is 2.86. The highest BCUT2D eigenvalue weighted by Gasteiger charge is 2.42. The first-order valence-corrected chi connectivity index (χ1v) is 6.68. The Morgan fingerprint density at radius 3 is 3.05 bits per heavy atom. The van der Waals surface area contributed by atoms with Crippen molar-refractivity contribution in [2.75, 3.05) is 20.3 Å². The fourth-order valence-corrected chi connectivity index (χ4v) is 2.48. The second-order valence-electron chi connectivity index (χ2n) is 5.06. The van der Waals surface area contributed by atoms with Crippen molar-refractivity contribution in [2.24, 2.45) is 0 Å². The number of halogens is 2. The number of rotatable bonds is 6. The van der Waals surface area contributed by atoms with E-state index in [1.54, 1.807) is 13.2 Å². The number of hydrogen-bond acceptors (Lipinski definition) is 4. The highest BCUT2D eigenvalue weighted by atomic mass is 19.3. The number of alkyl halides is 2. The molecule has 1 saturated carbocycles. The van der Waals surface area contributed by atoms with Crippen LogP contribution in [0.4, 0.5) is 8.78 Å². The fourth-order valence-electron chi connectivity index (χ4n) is 2.48. The minimum atomic E-state index is -2.73. The van der Waals surface area contributed by atoms with Gasteiger partial charge in [0, 0.05) is 37.8 Å². The van der Waals surface area contributed by atoms with Gasteiger partial charge < -0.3 is 14.6 Å². The van der Waals surface area contributed by atoms with Crippen LogP contribution < -0.4 is 0 Å². The van der Waals surface area contributed by atoms with Gasteiger partial charge in [0.05, 0.1) is 19.3 Å². The molecule has 1 heterocycles. The topological polar surface area (TPSA) is 56.5 Å². The van der Waals surface area contributed by atoms with Crippen molar-refractivity contribution in [1.82, 2.24) is 9.78 Å². The van der Waals surface area contributed by atoms with E-state index in [-0.39, 0.29) is 26.0 Å². The van der Waals surface area contributed by atoms with Gasteiger partial charge in [0.15, 0.2) is 0 Å². The lowest BCUT2D eigenvalue weighted by atomic mass is 9.82. The third kappa shape index (κ3) is 3.74. The van der Waals surface area contributed by atoms with Gasteiger partial charge in [0.25, 0.3) is 0 Å². The summed E-state index contributed by atoms with van der Waals surface area (Å²) in [6, 6.07) is 1.66. The molecular weight excluding hydrogens is 270 g/mol. The van der Waals surface area contributed by atoms with Crippen molar-refractivity contribution in [3.05, 3.63) is 18.0 Å². The molecule has 0 aliphatic heterocycles. The number of aromatic nitrogens is 2. The Kier molecular flexibility index (Phi) is 5.06. The Morgan fingerprint density at radius 1 is 1.50 bits per heavy atom. The predicted molar refractivity (Wildman–Crippen MR) is 67.6 cm³/mol. The molecule has 0 spiro atoms. The van der Waals surface area contributed by atoms with Gasteiger partial charge in [0.1, 0.15) is 6.73 Å². The lowest BCUT2D eigenvalue weighted by Crippen LogP contribution is -2.35. The molecule has 1 N–H and O–H groups in total. The van der Waals surface area contributed by atoms with E-state index in [1.807, 2.05) is 0 Å². The number of ether oxygens (including phenoxy) is 2. The molecule has 5 nitrogen and oxygen atoms in total. The van der Waals surface area contributed by atoms with Crippen LogP contribution in [0, 0.1) is 0 Å². The molecule has 1 aromatic rings. The van der Waals surface area contributed by atoms with E-state index in [1.165, 1.54) is 10.9 Å². The minimum Gasteiger partial charge on any atom is -0.392 e. The Morgan fingerprint density at radius 2 is 2.30 bits per heavy atom. The van der Waals surface area contributed by atoms with Gasteiger partial charge in [-0.1, -0.05) is 0 Å². The number of aliphatic hydroxyl groups excluding tert-OH is 1. The van der Waals surface area contributed by atoms with Gasteiger partial charge in [-0.3, -0.25) is 0 Å². The van der Waals surface area contributed by atoms with E-state index < -0.39 is 17.9 Å². The van der Waals surface area contributed by atoms with E-state index in [0.717, 1.165) is 0 Å². The Bertz CT molecular complexity index is 426. The fraction of sp³-hybridized carbons (Fsp3) is 0.769. The Hall–Kier alpha value is -1.05. The van der Waals surface area contributed by atoms with Crippen molar-refractivity contribution in [3.63, 3.8) is 0 Å². The van der Waals surface area contributed by atoms with Crippen LogP contribution in [0.2, 0.25) is 0 Å². The van der Waals surface area contributed by atoms with Crippen molar-refractivity contribution in [3.8, 4) is 0 Å². The molecule has 20 heavy (non-hydrogen) atoms. The maximum atomic E-state index is 13.5. The van der Waals surface area contributed by atoms with E-state index in [0.29, 0.717) is 18.9 Å². The smallest absolute Gasteiger partial charge is 0.249 e. The molecule has 0 aromatic carbocycles. The number of aliphatic hydroxyl groups is 1. The first-order valence-electron chi connectivity index (χ1n) is 6.68. The molecule has 1 aliphatic rings. The van der Waals surface area contributed by atoms with Crippen LogP contribution in [0.15, 0.2) is 12.3 Å². The van der Waals surface area contributed by atoms with E-state index in [9.17, 15) is 13.9 Å². The number of nitrogens with zero attached hydrogens (tertiary/aromatic N) is 2. The van der Waals surface area contributed by atoms with Gasteiger partial charge >= 0.3 is 0 Å². The second kappa shape index (κ2) is 6.60. The first kappa shape index (κ1) is 15.3. The SMILES string of the molecule is COCCOCn1nccc1[C@H]1CC(F)(F)CC[C@@H]1O. The number of methoxy groups -OCH3 is 1. The zero-order valence-corrected chi connectivity index (χ0v) is 11.5. The molecule has 1 fully saturated rings. The van der Waals surface area contributed by atoms with Crippen LogP contribution in [0.25, 0.3) is 0 Å². The summed E-state index contributed by atoms with van der Waals surface area (Å²) < 4.78 is 38.8. The molecule has 0 bridgehead atoms. The summed E-state index contributed by atoms with van der Waals surface area (Å²) in [5, 5.41) is 14.0. The standard InChI is InChI=1S/C13H20F2N2O3/c1-19-6-7-20-9-17-11(3-5-16-17)10-8-13(14,15)4-2-12(10)18/h3,5,10,12,18H,2,4,6-9H2,1H3/t10-,12+/m1/s1. The van der Waals surface area contributed by atoms with E-state index in [2.05, 4.69) is 5.10 Å². The van der Waals surface area contributed by atoms with Crippen LogP contribution in [0.5, 0.6) is 0 Å². The highest BCUT2D eigenvalue weighted by Crippen LogP contribution is 2.41. The molecule has 0 saturated heterocycles. The van der Waals surface area contributed by atoms with Crippen molar-refractivity contribution >= 4 is 0 Å². The summed E-state index contributed by atoms with van der Waals surface area (Å²) in [5.74, 6) is -3.33. The minimum absolute atomic E-state index is 0.105. The summed E-state index contributed by atoms with van der Waals surface area (Å²) in [6.07, 6.45) is 0.271. The highest BCUT2D eigenvalue weighted by molar-refractivity contribution is 5.12. The predicted octanol–water partition coefficient (Wildman–Crippen LogP) is 1.77. The summed E-state index contributed by atoms with van der Waals surface area (Å²) >= 11 is 0. The summed E-state index contributed by atoms with van der Waals surface area (Å²) in [6.45, 7) is 1.03. The monoisotopic (exact) mass is 290 g/mol. The normalized spacial score (nSPS) is 25.8. The molecule has 0 unspecified atom stereocenters. The quantitative estimate of drug-likeness (QED) is 0.811. The van der Waals surface area contributed by atoms with Gasteiger partial charge in [0.2, 0.25) is 5.92 Å². The third-order valence-electron chi connectivity index (χ3n) is 3.56. The molecule has 1 aromatic heterocycles. The van der Waals surface area contributed by atoms with Gasteiger partial charge in [-0.2, -0.15) is 5.10 Å². The second-order valence-corrected chi connectivity index (χ2v) is 5.06. The lowest BCUT2D eigenvalue weighted by Gasteiger charge is -2.33. The summed E-state index contributed by atoms with van der Waals surface area (Å²) in [7, 11) is 1.57. The van der Waals surface area contributed by atoms with Crippen molar-refractivity contribution < 1.29 is 23.4 Å². The lowest BCUT2D eigenvalue weighted by molar-refractivity contribution is -0.0762. The van der Waals surface area contributed by atoms with Gasteiger partial charge in [-0.15, -0.1) is 0 Å². The van der Waals surface area contributed by atoms with Crippen LogP contribution >= 0.6 is 0 Å².